The fourth-order valence-electron chi connectivity index (χ4n) is 5.63. The van der Waals surface area contributed by atoms with Crippen molar-refractivity contribution in [1.82, 2.24) is 19.3 Å². The van der Waals surface area contributed by atoms with Crippen molar-refractivity contribution in [3.63, 3.8) is 0 Å². The topological polar surface area (TPSA) is 118 Å². The summed E-state index contributed by atoms with van der Waals surface area (Å²) < 4.78 is 12.7. The Morgan fingerprint density at radius 1 is 1.17 bits per heavy atom. The van der Waals surface area contributed by atoms with Gasteiger partial charge in [-0.15, -0.1) is 0 Å². The molecule has 3 fully saturated rings. The van der Waals surface area contributed by atoms with Crippen LogP contribution in [0, 0.1) is 5.92 Å². The quantitative estimate of drug-likeness (QED) is 0.455. The number of carbonyl (C=O) groups is 2. The number of aromatic nitrogens is 3. The summed E-state index contributed by atoms with van der Waals surface area (Å²) in [5.41, 5.74) is 0.207. The van der Waals surface area contributed by atoms with Crippen molar-refractivity contribution >= 4 is 29.2 Å². The van der Waals surface area contributed by atoms with Gasteiger partial charge in [0.15, 0.2) is 0 Å². The van der Waals surface area contributed by atoms with Gasteiger partial charge in [0.25, 0.3) is 5.56 Å². The smallest absolute Gasteiger partial charge is 0.410 e. The number of hydrogen-bond acceptors (Lipinski definition) is 8. The molecule has 0 aromatic carbocycles. The number of piperidine rings is 1. The number of amides is 2. The third-order valence-electron chi connectivity index (χ3n) is 8.16. The Morgan fingerprint density at radius 2 is 1.98 bits per heavy atom. The van der Waals surface area contributed by atoms with Gasteiger partial charge < -0.3 is 24.6 Å². The van der Waals surface area contributed by atoms with Crippen LogP contribution < -0.4 is 15.8 Å². The Morgan fingerprint density at radius 3 is 2.64 bits per heavy atom. The Kier molecular flexibility index (Phi) is 7.38. The highest BCUT2D eigenvalue weighted by Crippen LogP contribution is 2.35. The molecule has 2 amide bonds. The second-order valence-corrected chi connectivity index (χ2v) is 12.7. The molecule has 1 aliphatic carbocycles. The lowest BCUT2D eigenvalue weighted by atomic mass is 9.81. The summed E-state index contributed by atoms with van der Waals surface area (Å²) in [6.45, 7) is 8.38. The molecular formula is C31H38N6O5. The maximum atomic E-state index is 13.5. The first kappa shape index (κ1) is 28.1. The third kappa shape index (κ3) is 5.83. The van der Waals surface area contributed by atoms with E-state index < -0.39 is 11.0 Å². The molecule has 3 aliphatic rings. The van der Waals surface area contributed by atoms with Crippen LogP contribution in [0.5, 0.6) is 0 Å². The van der Waals surface area contributed by atoms with Gasteiger partial charge in [0.2, 0.25) is 5.91 Å². The van der Waals surface area contributed by atoms with Crippen molar-refractivity contribution in [3.05, 3.63) is 64.8 Å². The van der Waals surface area contributed by atoms with Crippen molar-refractivity contribution in [3.8, 4) is 0 Å². The molecule has 5 heterocycles. The summed E-state index contributed by atoms with van der Waals surface area (Å²) >= 11 is 0. The first-order valence-corrected chi connectivity index (χ1v) is 14.7. The number of hydrogen-bond donors (Lipinski definition) is 1. The van der Waals surface area contributed by atoms with Crippen LogP contribution in [0.4, 0.5) is 16.3 Å². The zero-order valence-electron chi connectivity index (χ0n) is 24.4. The fraction of sp³-hybridized carbons (Fsp3) is 0.516. The Hall–Kier alpha value is -3.99. The summed E-state index contributed by atoms with van der Waals surface area (Å²) in [6.07, 6.45) is 7.40. The van der Waals surface area contributed by atoms with Gasteiger partial charge in [0.1, 0.15) is 22.5 Å². The molecule has 1 saturated carbocycles. The number of fused-ring (bicyclic) bond motifs is 1. The van der Waals surface area contributed by atoms with Gasteiger partial charge in [-0.2, -0.15) is 0 Å². The van der Waals surface area contributed by atoms with Gasteiger partial charge in [-0.05, 0) is 76.6 Å². The normalized spacial score (nSPS) is 20.1. The molecule has 2 saturated heterocycles. The van der Waals surface area contributed by atoms with Gasteiger partial charge >= 0.3 is 6.09 Å². The van der Waals surface area contributed by atoms with E-state index in [4.69, 9.17) is 14.5 Å². The zero-order chi connectivity index (χ0) is 29.5. The van der Waals surface area contributed by atoms with Gasteiger partial charge in [0, 0.05) is 31.9 Å². The van der Waals surface area contributed by atoms with Crippen molar-refractivity contribution < 1.29 is 19.1 Å². The van der Waals surface area contributed by atoms with Crippen molar-refractivity contribution in [2.75, 3.05) is 43.1 Å². The van der Waals surface area contributed by atoms with E-state index in [9.17, 15) is 14.4 Å². The zero-order valence-corrected chi connectivity index (χ0v) is 24.4. The number of rotatable bonds is 7. The Bertz CT molecular complexity index is 1520. The van der Waals surface area contributed by atoms with Crippen LogP contribution in [-0.4, -0.2) is 75.8 Å². The molecule has 0 unspecified atom stereocenters. The van der Waals surface area contributed by atoms with E-state index in [2.05, 4.69) is 15.2 Å². The molecule has 3 aromatic heterocycles. The van der Waals surface area contributed by atoms with Crippen LogP contribution in [-0.2, 0) is 19.7 Å². The molecule has 3 aromatic rings. The van der Waals surface area contributed by atoms with E-state index in [-0.39, 0.29) is 42.6 Å². The van der Waals surface area contributed by atoms with Crippen LogP contribution in [0.15, 0.2) is 53.6 Å². The monoisotopic (exact) mass is 574 g/mol. The van der Waals surface area contributed by atoms with E-state index in [1.165, 1.54) is 10.5 Å². The van der Waals surface area contributed by atoms with Gasteiger partial charge in [0.05, 0.1) is 36.8 Å². The lowest BCUT2D eigenvalue weighted by Gasteiger charge is -2.41. The van der Waals surface area contributed by atoms with E-state index in [1.54, 1.807) is 30.6 Å². The minimum Gasteiger partial charge on any atom is -0.444 e. The Labute approximate surface area is 244 Å². The van der Waals surface area contributed by atoms with E-state index in [0.717, 1.165) is 44.5 Å². The average molecular weight is 575 g/mol. The first-order valence-electron chi connectivity index (χ1n) is 14.7. The molecular weight excluding hydrogens is 536 g/mol. The molecule has 11 nitrogen and oxygen atoms in total. The van der Waals surface area contributed by atoms with E-state index >= 15 is 0 Å². The molecule has 222 valence electrons. The number of nitrogens with zero attached hydrogens (tertiary/aromatic N) is 5. The molecule has 11 heteroatoms. The highest BCUT2D eigenvalue weighted by atomic mass is 16.6. The lowest BCUT2D eigenvalue weighted by Crippen LogP contribution is -2.56. The number of anilines is 2. The lowest BCUT2D eigenvalue weighted by molar-refractivity contribution is -0.140. The maximum Gasteiger partial charge on any atom is 0.410 e. The van der Waals surface area contributed by atoms with Crippen LogP contribution in [0.3, 0.4) is 0 Å². The highest BCUT2D eigenvalue weighted by Gasteiger charge is 2.49. The highest BCUT2D eigenvalue weighted by molar-refractivity contribution is 5.99. The summed E-state index contributed by atoms with van der Waals surface area (Å²) in [4.78, 5) is 52.4. The van der Waals surface area contributed by atoms with Crippen LogP contribution in [0.1, 0.15) is 52.1 Å². The number of ether oxygens (including phenoxy) is 2. The van der Waals surface area contributed by atoms with Gasteiger partial charge in [-0.25, -0.2) is 9.78 Å². The maximum absolute atomic E-state index is 13.5. The average Bonchev–Trinajstić information content (AvgIpc) is 3.75. The molecule has 42 heavy (non-hydrogen) atoms. The minimum atomic E-state index is -0.968. The van der Waals surface area contributed by atoms with Crippen LogP contribution >= 0.6 is 0 Å². The van der Waals surface area contributed by atoms with Gasteiger partial charge in [-0.3, -0.25) is 19.0 Å². The largest absolute Gasteiger partial charge is 0.444 e. The summed E-state index contributed by atoms with van der Waals surface area (Å²) in [5, 5.41) is 2.82. The molecule has 6 rings (SSSR count). The second-order valence-electron chi connectivity index (χ2n) is 12.7. The predicted octanol–water partition coefficient (Wildman–Crippen LogP) is 3.61. The van der Waals surface area contributed by atoms with E-state index in [1.807, 2.05) is 37.8 Å². The molecule has 0 radical (unpaired) electrons. The SMILES string of the molecule is CC(C)(C)OC(=O)N(CC1CC1)[C@@H]1CCCN(c2ccc(C3(C(=O)Nc4cc(=O)n5ccccc5n4)COC3)nc2)C1. The van der Waals surface area contributed by atoms with E-state index in [0.29, 0.717) is 23.8 Å². The summed E-state index contributed by atoms with van der Waals surface area (Å²) in [5.74, 6) is 0.441. The first-order chi connectivity index (χ1) is 20.1. The summed E-state index contributed by atoms with van der Waals surface area (Å²) in [7, 11) is 0. The van der Waals surface area contributed by atoms with Crippen LogP contribution in [0.2, 0.25) is 0 Å². The fourth-order valence-corrected chi connectivity index (χ4v) is 5.63. The second kappa shape index (κ2) is 11.0. The molecule has 0 bridgehead atoms. The molecule has 0 spiro atoms. The molecule has 1 N–H and O–H groups in total. The Balaban J connectivity index is 1.16. The predicted molar refractivity (Wildman–Crippen MR) is 158 cm³/mol. The number of pyridine rings is 2. The number of nitrogens with one attached hydrogen (secondary N) is 1. The standard InChI is InChI=1S/C31H38N6O5/c1-30(2,3)42-29(40)37(17-21-9-10-21)23-7-6-13-35(18-23)22-11-12-24(32-16-22)31(19-41-20-31)28(39)34-25-15-27(38)36-14-5-4-8-26(36)33-25/h4-5,8,11-12,14-16,21,23H,6-7,9-10,13,17-20H2,1-3H3,(H,34,39)/t23-/m1/s1. The van der Waals surface area contributed by atoms with Crippen LogP contribution in [0.25, 0.3) is 5.65 Å². The molecule has 1 atom stereocenters. The third-order valence-corrected chi connectivity index (χ3v) is 8.16. The van der Waals surface area contributed by atoms with Crippen molar-refractivity contribution in [2.24, 2.45) is 5.92 Å². The minimum absolute atomic E-state index is 0.0598. The van der Waals surface area contributed by atoms with Crippen molar-refractivity contribution in [1.29, 1.82) is 0 Å². The number of carbonyl (C=O) groups excluding carboxylic acids is 2. The molecule has 2 aliphatic heterocycles. The van der Waals surface area contributed by atoms with Gasteiger partial charge in [-0.1, -0.05) is 6.07 Å². The van der Waals surface area contributed by atoms with Crippen molar-refractivity contribution in [2.45, 2.75) is 63.5 Å². The summed E-state index contributed by atoms with van der Waals surface area (Å²) in [6, 6.07) is 10.5.